The van der Waals surface area contributed by atoms with Crippen molar-refractivity contribution in [2.24, 2.45) is 13.0 Å². The second kappa shape index (κ2) is 6.37. The number of nitrogens with zero attached hydrogens (tertiary/aromatic N) is 2. The molecule has 0 aliphatic rings. The largest absolute Gasteiger partial charge is 0.271 e. The average molecular weight is 352 g/mol. The third-order valence-corrected chi connectivity index (χ3v) is 5.53. The predicted octanol–water partition coefficient (Wildman–Crippen LogP) is 2.12. The Balaban J connectivity index is 3.04. The lowest BCUT2D eigenvalue weighted by Crippen LogP contribution is -2.37. The lowest BCUT2D eigenvalue weighted by Gasteiger charge is -2.18. The molecule has 0 fully saturated rings. The van der Waals surface area contributed by atoms with E-state index in [0.717, 1.165) is 6.42 Å². The van der Waals surface area contributed by atoms with Crippen molar-refractivity contribution in [1.82, 2.24) is 14.5 Å². The summed E-state index contributed by atoms with van der Waals surface area (Å²) in [6.45, 7) is 7.63. The van der Waals surface area contributed by atoms with Crippen LogP contribution in [0.5, 0.6) is 0 Å². The number of aromatic nitrogens is 2. The fraction of sp³-hybridized carbons (Fsp3) is 0.750. The number of aryl methyl sites for hydroxylation is 2. The van der Waals surface area contributed by atoms with Crippen molar-refractivity contribution in [3.05, 3.63) is 11.4 Å². The van der Waals surface area contributed by atoms with Crippen molar-refractivity contribution in [1.29, 1.82) is 0 Å². The van der Waals surface area contributed by atoms with E-state index in [2.05, 4.69) is 39.6 Å². The molecule has 1 aromatic rings. The molecular formula is C12H22BrN3O2S. The molecule has 1 heterocycles. The Kier molecular flexibility index (Phi) is 5.58. The van der Waals surface area contributed by atoms with E-state index in [1.54, 1.807) is 25.6 Å². The molecule has 7 heteroatoms. The number of sulfonamides is 1. The lowest BCUT2D eigenvalue weighted by molar-refractivity contribution is 0.488. The summed E-state index contributed by atoms with van der Waals surface area (Å²) in [5.74, 6) is 0.432. The summed E-state index contributed by atoms with van der Waals surface area (Å²) >= 11 is 3.36. The Morgan fingerprint density at radius 3 is 2.32 bits per heavy atom. The van der Waals surface area contributed by atoms with E-state index < -0.39 is 10.0 Å². The van der Waals surface area contributed by atoms with Gasteiger partial charge in [0.1, 0.15) is 4.90 Å². The minimum absolute atomic E-state index is 0.107. The summed E-state index contributed by atoms with van der Waals surface area (Å²) in [5, 5.41) is 4.76. The van der Waals surface area contributed by atoms with Gasteiger partial charge in [-0.25, -0.2) is 13.1 Å². The van der Waals surface area contributed by atoms with Crippen molar-refractivity contribution >= 4 is 26.0 Å². The maximum Gasteiger partial charge on any atom is 0.244 e. The molecule has 1 rings (SSSR count). The highest BCUT2D eigenvalue weighted by Gasteiger charge is 2.26. The first-order valence-corrected chi connectivity index (χ1v) is 8.88. The van der Waals surface area contributed by atoms with Gasteiger partial charge in [-0.1, -0.05) is 29.8 Å². The normalized spacial score (nSPS) is 14.1. The second-order valence-corrected chi connectivity index (χ2v) is 7.52. The molecule has 0 spiro atoms. The zero-order valence-electron chi connectivity index (χ0n) is 12.1. The molecule has 1 N–H and O–H groups in total. The van der Waals surface area contributed by atoms with Crippen LogP contribution >= 0.6 is 15.9 Å². The molecule has 0 amide bonds. The summed E-state index contributed by atoms with van der Waals surface area (Å²) < 4.78 is 29.3. The van der Waals surface area contributed by atoms with Crippen LogP contribution in [-0.2, 0) is 17.1 Å². The van der Waals surface area contributed by atoms with E-state index in [1.807, 2.05) is 0 Å². The summed E-state index contributed by atoms with van der Waals surface area (Å²) in [5.41, 5.74) is 1.19. The smallest absolute Gasteiger partial charge is 0.244 e. The van der Waals surface area contributed by atoms with E-state index in [4.69, 9.17) is 0 Å². The standard InChI is InChI=1S/C12H22BrN3O2S/c1-8(2)6-11(7-13)15-19(17,18)12-9(3)14-16(5)10(12)4/h8,11,15H,6-7H2,1-5H3. The van der Waals surface area contributed by atoms with Gasteiger partial charge in [0.25, 0.3) is 0 Å². The third-order valence-electron chi connectivity index (χ3n) is 2.98. The van der Waals surface area contributed by atoms with Crippen LogP contribution in [0.1, 0.15) is 31.7 Å². The van der Waals surface area contributed by atoms with Gasteiger partial charge in [-0.05, 0) is 26.2 Å². The Morgan fingerprint density at radius 2 is 1.95 bits per heavy atom. The Morgan fingerprint density at radius 1 is 1.37 bits per heavy atom. The molecule has 0 bridgehead atoms. The highest BCUT2D eigenvalue weighted by Crippen LogP contribution is 2.20. The SMILES string of the molecule is Cc1nn(C)c(C)c1S(=O)(=O)NC(CBr)CC(C)C. The second-order valence-electron chi connectivity index (χ2n) is 5.23. The first kappa shape index (κ1) is 16.7. The highest BCUT2D eigenvalue weighted by molar-refractivity contribution is 9.09. The molecule has 0 aromatic carbocycles. The number of nitrogens with one attached hydrogen (secondary N) is 1. The van der Waals surface area contributed by atoms with Crippen molar-refractivity contribution in [3.63, 3.8) is 0 Å². The zero-order valence-corrected chi connectivity index (χ0v) is 14.5. The van der Waals surface area contributed by atoms with E-state index in [9.17, 15) is 8.42 Å². The minimum Gasteiger partial charge on any atom is -0.271 e. The summed E-state index contributed by atoms with van der Waals surface area (Å²) in [4.78, 5) is 0.296. The predicted molar refractivity (Wildman–Crippen MR) is 80.0 cm³/mol. The minimum atomic E-state index is -3.52. The van der Waals surface area contributed by atoms with E-state index in [-0.39, 0.29) is 6.04 Å². The molecule has 0 aliphatic heterocycles. The first-order chi connectivity index (χ1) is 8.69. The van der Waals surface area contributed by atoms with Crippen LogP contribution in [0.2, 0.25) is 0 Å². The van der Waals surface area contributed by atoms with Gasteiger partial charge in [-0.3, -0.25) is 4.68 Å². The van der Waals surface area contributed by atoms with Gasteiger partial charge in [0.05, 0.1) is 11.4 Å². The van der Waals surface area contributed by atoms with Crippen LogP contribution in [0.15, 0.2) is 4.90 Å². The van der Waals surface area contributed by atoms with Crippen LogP contribution < -0.4 is 4.72 Å². The van der Waals surface area contributed by atoms with Gasteiger partial charge in [0.15, 0.2) is 0 Å². The molecule has 0 saturated heterocycles. The Bertz CT molecular complexity index is 537. The van der Waals surface area contributed by atoms with Gasteiger partial charge in [-0.2, -0.15) is 5.10 Å². The molecule has 1 atom stereocenters. The highest BCUT2D eigenvalue weighted by atomic mass is 79.9. The van der Waals surface area contributed by atoms with Crippen molar-refractivity contribution in [2.45, 2.75) is 45.1 Å². The average Bonchev–Trinajstić information content (AvgIpc) is 2.51. The molecule has 110 valence electrons. The van der Waals surface area contributed by atoms with Crippen molar-refractivity contribution in [3.8, 4) is 0 Å². The molecule has 1 aromatic heterocycles. The summed E-state index contributed by atoms with van der Waals surface area (Å²) in [6.07, 6.45) is 0.794. The maximum atomic E-state index is 12.5. The number of hydrogen-bond donors (Lipinski definition) is 1. The molecule has 1 unspecified atom stereocenters. The van der Waals surface area contributed by atoms with Gasteiger partial charge in [0.2, 0.25) is 10.0 Å². The summed E-state index contributed by atoms with van der Waals surface area (Å²) in [7, 11) is -1.77. The molecular weight excluding hydrogens is 330 g/mol. The fourth-order valence-electron chi connectivity index (χ4n) is 2.13. The van der Waals surface area contributed by atoms with E-state index in [1.165, 1.54) is 0 Å². The van der Waals surface area contributed by atoms with Crippen LogP contribution in [0, 0.1) is 19.8 Å². The number of halogens is 1. The van der Waals surface area contributed by atoms with Crippen molar-refractivity contribution < 1.29 is 8.42 Å². The number of hydrogen-bond acceptors (Lipinski definition) is 3. The van der Waals surface area contributed by atoms with Gasteiger partial charge >= 0.3 is 0 Å². The van der Waals surface area contributed by atoms with Crippen LogP contribution in [0.25, 0.3) is 0 Å². The van der Waals surface area contributed by atoms with Gasteiger partial charge in [0, 0.05) is 18.4 Å². The monoisotopic (exact) mass is 351 g/mol. The van der Waals surface area contributed by atoms with Crippen LogP contribution in [0.3, 0.4) is 0 Å². The van der Waals surface area contributed by atoms with Gasteiger partial charge in [-0.15, -0.1) is 0 Å². The molecule has 0 radical (unpaired) electrons. The van der Waals surface area contributed by atoms with Crippen LogP contribution in [0.4, 0.5) is 0 Å². The van der Waals surface area contributed by atoms with E-state index in [0.29, 0.717) is 27.5 Å². The quantitative estimate of drug-likeness (QED) is 0.798. The Labute approximate surface area is 124 Å². The fourth-order valence-corrected chi connectivity index (χ4v) is 4.46. The summed E-state index contributed by atoms with van der Waals surface area (Å²) in [6, 6.07) is -0.107. The third kappa shape index (κ3) is 4.03. The molecule has 0 aliphatic carbocycles. The lowest BCUT2D eigenvalue weighted by atomic mass is 10.1. The first-order valence-electron chi connectivity index (χ1n) is 6.27. The molecule has 19 heavy (non-hydrogen) atoms. The zero-order chi connectivity index (χ0) is 14.8. The Hall–Kier alpha value is -0.400. The van der Waals surface area contributed by atoms with Crippen molar-refractivity contribution in [2.75, 3.05) is 5.33 Å². The van der Waals surface area contributed by atoms with Crippen LogP contribution in [-0.4, -0.2) is 29.6 Å². The maximum absolute atomic E-state index is 12.5. The topological polar surface area (TPSA) is 64.0 Å². The molecule has 0 saturated carbocycles. The molecule has 5 nitrogen and oxygen atoms in total. The van der Waals surface area contributed by atoms with E-state index >= 15 is 0 Å². The number of alkyl halides is 1. The van der Waals surface area contributed by atoms with Gasteiger partial charge < -0.3 is 0 Å². The number of rotatable bonds is 6.